The van der Waals surface area contributed by atoms with Crippen LogP contribution >= 0.6 is 0 Å². The topological polar surface area (TPSA) is 63.2 Å². The van der Waals surface area contributed by atoms with Gasteiger partial charge in [0.2, 0.25) is 0 Å². The van der Waals surface area contributed by atoms with E-state index in [0.29, 0.717) is 16.8 Å². The highest BCUT2D eigenvalue weighted by atomic mass is 32.2. The highest BCUT2D eigenvalue weighted by Crippen LogP contribution is 2.18. The van der Waals surface area contributed by atoms with E-state index >= 15 is 0 Å². The average molecular weight is 394 g/mol. The lowest BCUT2D eigenvalue weighted by molar-refractivity contribution is 0.102. The molecule has 0 spiro atoms. The maximum absolute atomic E-state index is 12.6. The standard InChI is InChI=1S/C23H23NO3S/c1-2-7-18-12-14-21(15-13-18)24-23(25)20-9-6-8-19(16-20)17-28(26,27)22-10-4-3-5-11-22/h3-6,8-16H,2,7,17H2,1H3,(H,24,25). The zero-order chi connectivity index (χ0) is 20.0. The number of hydrogen-bond acceptors (Lipinski definition) is 3. The van der Waals surface area contributed by atoms with E-state index in [2.05, 4.69) is 12.2 Å². The van der Waals surface area contributed by atoms with Gasteiger partial charge in [-0.05, 0) is 53.9 Å². The molecule has 1 N–H and O–H groups in total. The Morgan fingerprint density at radius 2 is 1.57 bits per heavy atom. The number of benzene rings is 3. The van der Waals surface area contributed by atoms with Gasteiger partial charge >= 0.3 is 0 Å². The van der Waals surface area contributed by atoms with Crippen LogP contribution in [0.2, 0.25) is 0 Å². The molecule has 0 aliphatic carbocycles. The van der Waals surface area contributed by atoms with E-state index in [4.69, 9.17) is 0 Å². The first-order valence-corrected chi connectivity index (χ1v) is 10.9. The van der Waals surface area contributed by atoms with Crippen molar-refractivity contribution in [2.75, 3.05) is 5.32 Å². The van der Waals surface area contributed by atoms with E-state index < -0.39 is 9.84 Å². The van der Waals surface area contributed by atoms with E-state index in [-0.39, 0.29) is 16.6 Å². The Labute approximate surface area is 166 Å². The van der Waals surface area contributed by atoms with E-state index in [1.165, 1.54) is 5.56 Å². The highest BCUT2D eigenvalue weighted by Gasteiger charge is 2.16. The van der Waals surface area contributed by atoms with Crippen LogP contribution in [0.5, 0.6) is 0 Å². The zero-order valence-corrected chi connectivity index (χ0v) is 16.6. The Hall–Kier alpha value is -2.92. The second-order valence-corrected chi connectivity index (χ2v) is 8.66. The molecule has 0 saturated carbocycles. The van der Waals surface area contributed by atoms with Crippen molar-refractivity contribution in [1.82, 2.24) is 0 Å². The molecule has 0 aliphatic rings. The monoisotopic (exact) mass is 393 g/mol. The van der Waals surface area contributed by atoms with Crippen LogP contribution in [0.25, 0.3) is 0 Å². The Kier molecular flexibility index (Phi) is 6.26. The number of amides is 1. The minimum atomic E-state index is -3.46. The van der Waals surface area contributed by atoms with Gasteiger partial charge in [0.05, 0.1) is 10.6 Å². The summed E-state index contributed by atoms with van der Waals surface area (Å²) in [6, 6.07) is 22.8. The molecule has 1 amide bonds. The maximum atomic E-state index is 12.6. The largest absolute Gasteiger partial charge is 0.322 e. The fourth-order valence-electron chi connectivity index (χ4n) is 2.98. The molecular weight excluding hydrogens is 370 g/mol. The number of sulfone groups is 1. The molecule has 3 aromatic carbocycles. The number of anilines is 1. The normalized spacial score (nSPS) is 11.2. The van der Waals surface area contributed by atoms with Crippen LogP contribution in [0.4, 0.5) is 5.69 Å². The lowest BCUT2D eigenvalue weighted by Gasteiger charge is -2.09. The second kappa shape index (κ2) is 8.85. The molecule has 0 unspecified atom stereocenters. The number of hydrogen-bond donors (Lipinski definition) is 1. The molecule has 0 heterocycles. The third kappa shape index (κ3) is 5.08. The van der Waals surface area contributed by atoms with Crippen LogP contribution in [-0.4, -0.2) is 14.3 Å². The van der Waals surface area contributed by atoms with Crippen molar-refractivity contribution in [2.45, 2.75) is 30.4 Å². The van der Waals surface area contributed by atoms with Crippen molar-refractivity contribution < 1.29 is 13.2 Å². The van der Waals surface area contributed by atoms with Crippen LogP contribution in [0, 0.1) is 0 Å². The number of rotatable bonds is 7. The van der Waals surface area contributed by atoms with Crippen LogP contribution in [-0.2, 0) is 22.0 Å². The third-order valence-electron chi connectivity index (χ3n) is 4.40. The van der Waals surface area contributed by atoms with Gasteiger partial charge in [0.15, 0.2) is 9.84 Å². The third-order valence-corrected chi connectivity index (χ3v) is 6.10. The van der Waals surface area contributed by atoms with Crippen LogP contribution in [0.15, 0.2) is 83.8 Å². The molecular formula is C23H23NO3S. The van der Waals surface area contributed by atoms with Gasteiger partial charge in [-0.3, -0.25) is 4.79 Å². The first-order chi connectivity index (χ1) is 13.5. The molecule has 0 saturated heterocycles. The number of nitrogens with one attached hydrogen (secondary N) is 1. The minimum absolute atomic E-state index is 0.149. The summed E-state index contributed by atoms with van der Waals surface area (Å²) in [5, 5.41) is 2.86. The van der Waals surface area contributed by atoms with Gasteiger partial charge in [0.25, 0.3) is 5.91 Å². The van der Waals surface area contributed by atoms with Crippen LogP contribution in [0.3, 0.4) is 0 Å². The Morgan fingerprint density at radius 3 is 2.25 bits per heavy atom. The maximum Gasteiger partial charge on any atom is 0.255 e. The molecule has 3 rings (SSSR count). The smallest absolute Gasteiger partial charge is 0.255 e. The van der Waals surface area contributed by atoms with Crippen molar-refractivity contribution >= 4 is 21.4 Å². The predicted octanol–water partition coefficient (Wildman–Crippen LogP) is 4.87. The summed E-state index contributed by atoms with van der Waals surface area (Å²) < 4.78 is 25.1. The molecule has 144 valence electrons. The van der Waals surface area contributed by atoms with Gasteiger partial charge in [-0.1, -0.05) is 55.8 Å². The molecule has 4 nitrogen and oxygen atoms in total. The van der Waals surface area contributed by atoms with E-state index in [9.17, 15) is 13.2 Å². The second-order valence-electron chi connectivity index (χ2n) is 6.67. The summed E-state index contributed by atoms with van der Waals surface area (Å²) in [5.74, 6) is -0.411. The molecule has 28 heavy (non-hydrogen) atoms. The Balaban J connectivity index is 1.73. The molecule has 0 aromatic heterocycles. The average Bonchev–Trinajstić information content (AvgIpc) is 2.70. The van der Waals surface area contributed by atoms with E-state index in [1.807, 2.05) is 24.3 Å². The molecule has 0 atom stereocenters. The van der Waals surface area contributed by atoms with E-state index in [1.54, 1.807) is 54.6 Å². The molecule has 0 bridgehead atoms. The summed E-state index contributed by atoms with van der Waals surface area (Å²) in [5.41, 5.74) is 2.95. The van der Waals surface area contributed by atoms with Crippen molar-refractivity contribution in [1.29, 1.82) is 0 Å². The van der Waals surface area contributed by atoms with Crippen molar-refractivity contribution in [3.8, 4) is 0 Å². The molecule has 0 radical (unpaired) electrons. The Bertz CT molecular complexity index is 1040. The van der Waals surface area contributed by atoms with Gasteiger partial charge in [0.1, 0.15) is 0 Å². The van der Waals surface area contributed by atoms with Gasteiger partial charge in [-0.15, -0.1) is 0 Å². The minimum Gasteiger partial charge on any atom is -0.322 e. The van der Waals surface area contributed by atoms with Crippen molar-refractivity contribution in [3.05, 3.63) is 95.6 Å². The molecule has 5 heteroatoms. The SMILES string of the molecule is CCCc1ccc(NC(=O)c2cccc(CS(=O)(=O)c3ccccc3)c2)cc1. The molecule has 0 aliphatic heterocycles. The lowest BCUT2D eigenvalue weighted by atomic mass is 10.1. The van der Waals surface area contributed by atoms with Crippen molar-refractivity contribution in [2.24, 2.45) is 0 Å². The summed E-state index contributed by atoms with van der Waals surface area (Å²) in [6.07, 6.45) is 2.08. The quantitative estimate of drug-likeness (QED) is 0.623. The number of carbonyl (C=O) groups excluding carboxylic acids is 1. The van der Waals surface area contributed by atoms with Gasteiger partial charge in [-0.25, -0.2) is 8.42 Å². The van der Waals surface area contributed by atoms with Crippen LogP contribution in [0.1, 0.15) is 34.8 Å². The summed E-state index contributed by atoms with van der Waals surface area (Å²) in [7, 11) is -3.46. The summed E-state index contributed by atoms with van der Waals surface area (Å²) in [4.78, 5) is 12.8. The first kappa shape index (κ1) is 19.8. The summed E-state index contributed by atoms with van der Waals surface area (Å²) in [6.45, 7) is 2.13. The van der Waals surface area contributed by atoms with Gasteiger partial charge in [0, 0.05) is 11.3 Å². The fourth-order valence-corrected chi connectivity index (χ4v) is 4.34. The zero-order valence-electron chi connectivity index (χ0n) is 15.8. The van der Waals surface area contributed by atoms with E-state index in [0.717, 1.165) is 12.8 Å². The van der Waals surface area contributed by atoms with Crippen LogP contribution < -0.4 is 5.32 Å². The predicted molar refractivity (Wildman–Crippen MR) is 112 cm³/mol. The molecule has 3 aromatic rings. The van der Waals surface area contributed by atoms with Crippen molar-refractivity contribution in [3.63, 3.8) is 0 Å². The first-order valence-electron chi connectivity index (χ1n) is 9.25. The highest BCUT2D eigenvalue weighted by molar-refractivity contribution is 7.90. The van der Waals surface area contributed by atoms with Gasteiger partial charge in [-0.2, -0.15) is 0 Å². The lowest BCUT2D eigenvalue weighted by Crippen LogP contribution is -2.13. The number of carbonyl (C=O) groups is 1. The fraction of sp³-hybridized carbons (Fsp3) is 0.174. The van der Waals surface area contributed by atoms with Gasteiger partial charge < -0.3 is 5.32 Å². The summed E-state index contributed by atoms with van der Waals surface area (Å²) >= 11 is 0. The number of aryl methyl sites for hydroxylation is 1. The molecule has 0 fully saturated rings. The Morgan fingerprint density at radius 1 is 0.857 bits per heavy atom.